The summed E-state index contributed by atoms with van der Waals surface area (Å²) in [6, 6.07) is 12.6. The largest absolute Gasteiger partial charge is 0.308 e. The number of benzene rings is 2. The van der Waals surface area contributed by atoms with E-state index < -0.39 is 0 Å². The van der Waals surface area contributed by atoms with Crippen LogP contribution in [0.5, 0.6) is 0 Å². The zero-order valence-corrected chi connectivity index (χ0v) is 19.9. The van der Waals surface area contributed by atoms with Gasteiger partial charge in [0.15, 0.2) is 5.13 Å². The lowest BCUT2D eigenvalue weighted by Crippen LogP contribution is -2.36. The number of para-hydroxylation sites is 1. The summed E-state index contributed by atoms with van der Waals surface area (Å²) in [5.41, 5.74) is 0.972. The van der Waals surface area contributed by atoms with Gasteiger partial charge in [-0.3, -0.25) is 9.69 Å². The Balaban J connectivity index is 1.66. The molecule has 2 aromatic carbocycles. The molecule has 0 N–H and O–H groups in total. The second kappa shape index (κ2) is 11.1. The normalized spacial score (nSPS) is 11.4. The van der Waals surface area contributed by atoms with E-state index in [9.17, 15) is 9.18 Å². The number of hydrogen-bond acceptors (Lipinski definition) is 6. The second-order valence-electron chi connectivity index (χ2n) is 7.06. The van der Waals surface area contributed by atoms with Crippen molar-refractivity contribution in [2.75, 3.05) is 44.1 Å². The number of rotatable bonds is 10. The Bertz CT molecular complexity index is 975. The molecule has 0 aliphatic carbocycles. The minimum Gasteiger partial charge on any atom is -0.308 e. The third-order valence-electron chi connectivity index (χ3n) is 4.51. The van der Waals surface area contributed by atoms with Gasteiger partial charge in [-0.25, -0.2) is 9.37 Å². The topological polar surface area (TPSA) is 36.4 Å². The van der Waals surface area contributed by atoms with Gasteiger partial charge in [-0.15, -0.1) is 23.5 Å². The molecule has 0 bridgehead atoms. The van der Waals surface area contributed by atoms with Crippen molar-refractivity contribution in [2.24, 2.45) is 0 Å². The number of hydrogen-bond donors (Lipinski definition) is 0. The summed E-state index contributed by atoms with van der Waals surface area (Å²) in [5, 5.41) is 0.768. The molecule has 1 amide bonds. The highest BCUT2D eigenvalue weighted by Gasteiger charge is 2.20. The molecule has 8 heteroatoms. The molecule has 0 saturated carbocycles. The molecular weight excluding hydrogens is 437 g/mol. The first-order valence-electron chi connectivity index (χ1n) is 9.75. The first-order valence-corrected chi connectivity index (χ1v) is 12.8. The fraction of sp³-hybridized carbons (Fsp3) is 0.364. The lowest BCUT2D eigenvalue weighted by Gasteiger charge is -2.22. The van der Waals surface area contributed by atoms with Gasteiger partial charge in [0.1, 0.15) is 5.82 Å². The van der Waals surface area contributed by atoms with Gasteiger partial charge in [0.2, 0.25) is 5.91 Å². The Labute approximate surface area is 189 Å². The average Bonchev–Trinajstić information content (AvgIpc) is 3.16. The molecule has 30 heavy (non-hydrogen) atoms. The number of carbonyl (C=O) groups is 1. The molecule has 0 fully saturated rings. The zero-order valence-electron chi connectivity index (χ0n) is 17.4. The van der Waals surface area contributed by atoms with Gasteiger partial charge in [0.25, 0.3) is 0 Å². The maximum Gasteiger partial charge on any atom is 0.228 e. The molecule has 0 atom stereocenters. The number of nitrogens with zero attached hydrogens (tertiary/aromatic N) is 3. The number of amides is 1. The first-order chi connectivity index (χ1) is 14.5. The van der Waals surface area contributed by atoms with Gasteiger partial charge >= 0.3 is 0 Å². The monoisotopic (exact) mass is 463 g/mol. The summed E-state index contributed by atoms with van der Waals surface area (Å²) in [6.07, 6.45) is 3.27. The summed E-state index contributed by atoms with van der Waals surface area (Å²) >= 11 is 4.89. The van der Waals surface area contributed by atoms with Crippen molar-refractivity contribution in [3.63, 3.8) is 0 Å². The van der Waals surface area contributed by atoms with Crippen molar-refractivity contribution >= 4 is 56.1 Å². The minimum atomic E-state index is -0.230. The predicted molar refractivity (Wildman–Crippen MR) is 129 cm³/mol. The van der Waals surface area contributed by atoms with Crippen LogP contribution in [0.4, 0.5) is 9.52 Å². The molecule has 3 aromatic rings. The van der Waals surface area contributed by atoms with Gasteiger partial charge in [0.05, 0.1) is 10.2 Å². The highest BCUT2D eigenvalue weighted by Crippen LogP contribution is 2.34. The highest BCUT2D eigenvalue weighted by atomic mass is 32.2. The molecule has 0 aliphatic heterocycles. The third-order valence-corrected chi connectivity index (χ3v) is 7.42. The summed E-state index contributed by atoms with van der Waals surface area (Å²) < 4.78 is 14.1. The Morgan fingerprint density at radius 3 is 2.60 bits per heavy atom. The molecule has 3 rings (SSSR count). The predicted octanol–water partition coefficient (Wildman–Crippen LogP) is 5.62. The van der Waals surface area contributed by atoms with E-state index in [0.29, 0.717) is 13.0 Å². The standard InChI is InChI=1S/C22H26FN3OS3/c1-25(2)13-14-26(22-24-21-18(28-3)6-4-7-19(21)30-22)20(27)8-5-15-29-17-11-9-16(23)10-12-17/h4,6-7,9-12H,5,8,13-15H2,1-3H3. The lowest BCUT2D eigenvalue weighted by molar-refractivity contribution is -0.118. The van der Waals surface area contributed by atoms with Crippen molar-refractivity contribution in [1.29, 1.82) is 0 Å². The zero-order chi connectivity index (χ0) is 21.5. The molecule has 0 unspecified atom stereocenters. The summed E-state index contributed by atoms with van der Waals surface area (Å²) in [7, 11) is 4.01. The second-order valence-corrected chi connectivity index (χ2v) is 10.1. The van der Waals surface area contributed by atoms with Gasteiger partial charge in [-0.1, -0.05) is 17.4 Å². The van der Waals surface area contributed by atoms with E-state index >= 15 is 0 Å². The first kappa shape index (κ1) is 23.1. The summed E-state index contributed by atoms with van der Waals surface area (Å²) in [4.78, 5) is 23.9. The molecule has 1 aromatic heterocycles. The Morgan fingerprint density at radius 2 is 1.90 bits per heavy atom. The van der Waals surface area contributed by atoms with E-state index in [-0.39, 0.29) is 11.7 Å². The fourth-order valence-corrected chi connectivity index (χ4v) is 5.41. The minimum absolute atomic E-state index is 0.0984. The van der Waals surface area contributed by atoms with E-state index in [0.717, 1.165) is 43.9 Å². The molecular formula is C22H26FN3OS3. The summed E-state index contributed by atoms with van der Waals surface area (Å²) in [5.74, 6) is 0.683. The van der Waals surface area contributed by atoms with Crippen LogP contribution in [-0.2, 0) is 4.79 Å². The van der Waals surface area contributed by atoms with Crippen LogP contribution in [0, 0.1) is 5.82 Å². The van der Waals surface area contributed by atoms with Crippen LogP contribution >= 0.6 is 34.9 Å². The molecule has 0 spiro atoms. The van der Waals surface area contributed by atoms with Gasteiger partial charge in [0, 0.05) is 29.3 Å². The molecule has 0 saturated heterocycles. The maximum absolute atomic E-state index is 13.1. The fourth-order valence-electron chi connectivity index (χ4n) is 2.90. The Kier molecular flexibility index (Phi) is 8.56. The number of thiazole rings is 1. The van der Waals surface area contributed by atoms with Crippen molar-refractivity contribution in [1.82, 2.24) is 9.88 Å². The van der Waals surface area contributed by atoms with Crippen LogP contribution in [-0.4, -0.2) is 55.0 Å². The number of anilines is 1. The van der Waals surface area contributed by atoms with Gasteiger partial charge in [-0.05, 0) is 68.9 Å². The van der Waals surface area contributed by atoms with Crippen molar-refractivity contribution in [3.8, 4) is 0 Å². The quantitative estimate of drug-likeness (QED) is 0.288. The van der Waals surface area contributed by atoms with Crippen LogP contribution in [0.3, 0.4) is 0 Å². The van der Waals surface area contributed by atoms with Gasteiger partial charge < -0.3 is 4.90 Å². The van der Waals surface area contributed by atoms with Crippen LogP contribution in [0.15, 0.2) is 52.3 Å². The van der Waals surface area contributed by atoms with Crippen molar-refractivity contribution < 1.29 is 9.18 Å². The molecule has 4 nitrogen and oxygen atoms in total. The SMILES string of the molecule is CSc1cccc2sc(N(CCN(C)C)C(=O)CCCSc3ccc(F)cc3)nc12. The lowest BCUT2D eigenvalue weighted by atomic mass is 10.3. The van der Waals surface area contributed by atoms with E-state index in [1.165, 1.54) is 12.1 Å². The molecule has 160 valence electrons. The van der Waals surface area contributed by atoms with Crippen LogP contribution in [0.2, 0.25) is 0 Å². The number of halogens is 1. The van der Waals surface area contributed by atoms with E-state index in [1.807, 2.05) is 31.3 Å². The molecule has 0 radical (unpaired) electrons. The Morgan fingerprint density at radius 1 is 1.13 bits per heavy atom. The highest BCUT2D eigenvalue weighted by molar-refractivity contribution is 7.99. The maximum atomic E-state index is 13.1. The van der Waals surface area contributed by atoms with Crippen LogP contribution in [0.1, 0.15) is 12.8 Å². The van der Waals surface area contributed by atoms with Crippen molar-refractivity contribution in [3.05, 3.63) is 48.3 Å². The number of aromatic nitrogens is 1. The van der Waals surface area contributed by atoms with E-state index in [2.05, 4.69) is 17.0 Å². The van der Waals surface area contributed by atoms with Gasteiger partial charge in [-0.2, -0.15) is 0 Å². The average molecular weight is 464 g/mol. The Hall–Kier alpha value is -1.61. The third kappa shape index (κ3) is 6.20. The summed E-state index contributed by atoms with van der Waals surface area (Å²) in [6.45, 7) is 1.40. The van der Waals surface area contributed by atoms with E-state index in [4.69, 9.17) is 4.98 Å². The number of carbonyl (C=O) groups excluding carboxylic acids is 1. The molecule has 1 heterocycles. The van der Waals surface area contributed by atoms with Crippen LogP contribution < -0.4 is 4.90 Å². The molecule has 0 aliphatic rings. The van der Waals surface area contributed by atoms with E-state index in [1.54, 1.807) is 47.0 Å². The number of thioether (sulfide) groups is 2. The number of fused-ring (bicyclic) bond motifs is 1. The smallest absolute Gasteiger partial charge is 0.228 e. The van der Waals surface area contributed by atoms with Crippen molar-refractivity contribution in [2.45, 2.75) is 22.6 Å². The van der Waals surface area contributed by atoms with Crippen LogP contribution in [0.25, 0.3) is 10.2 Å². The number of likely N-dealkylation sites (N-methyl/N-ethyl adjacent to an activating group) is 1.